The van der Waals surface area contributed by atoms with Crippen LogP contribution in [0.4, 0.5) is 8.78 Å². The van der Waals surface area contributed by atoms with Gasteiger partial charge in [-0.3, -0.25) is 5.04 Å². The highest BCUT2D eigenvalue weighted by Crippen LogP contribution is 2.63. The van der Waals surface area contributed by atoms with Crippen molar-refractivity contribution in [2.45, 2.75) is 69.3 Å². The predicted molar refractivity (Wildman–Crippen MR) is 81.6 cm³/mol. The van der Waals surface area contributed by atoms with E-state index in [9.17, 15) is 14.0 Å². The van der Waals surface area contributed by atoms with E-state index in [1.54, 1.807) is 0 Å². The quantitative estimate of drug-likeness (QED) is 0.354. The Morgan fingerprint density at radius 2 is 1.88 bits per heavy atom. The van der Waals surface area contributed by atoms with E-state index in [1.165, 1.54) is 6.42 Å². The van der Waals surface area contributed by atoms with Gasteiger partial charge in [-0.1, -0.05) is 0 Å². The Balaban J connectivity index is 1.59. The van der Waals surface area contributed by atoms with Crippen LogP contribution in [-0.2, 0) is 18.8 Å². The number of halogens is 2. The number of ether oxygens (including phenoxy) is 2. The van der Waals surface area contributed by atoms with Crippen molar-refractivity contribution < 1.29 is 32.9 Å². The molecular weight excluding hydrogens is 342 g/mol. The zero-order chi connectivity index (χ0) is 17.4. The molecule has 4 fully saturated rings. The molecule has 0 saturated heterocycles. The smallest absolute Gasteiger partial charge is 0.343 e. The summed E-state index contributed by atoms with van der Waals surface area (Å²) in [5.41, 5.74) is -0.159. The van der Waals surface area contributed by atoms with Crippen molar-refractivity contribution in [2.24, 2.45) is 17.3 Å². The molecule has 4 aliphatic carbocycles. The first kappa shape index (κ1) is 18.8. The Morgan fingerprint density at radius 3 is 2.46 bits per heavy atom. The summed E-state index contributed by atoms with van der Waals surface area (Å²) in [6.45, 7) is 3.61. The zero-order valence-electron chi connectivity index (χ0n) is 14.1. The van der Waals surface area contributed by atoms with Crippen molar-refractivity contribution in [3.05, 3.63) is 0 Å². The molecule has 4 bridgehead atoms. The van der Waals surface area contributed by atoms with Gasteiger partial charge in [-0.25, -0.2) is 0 Å². The Morgan fingerprint density at radius 1 is 1.21 bits per heavy atom. The first-order chi connectivity index (χ1) is 11.3. The van der Waals surface area contributed by atoms with Crippen LogP contribution >= 0.6 is 12.0 Å². The summed E-state index contributed by atoms with van der Waals surface area (Å²) in [6.07, 6.45) is 6.53. The molecule has 2 atom stereocenters. The molecule has 4 aliphatic rings. The molecule has 4 rings (SSSR count). The fourth-order valence-corrected chi connectivity index (χ4v) is 5.90. The highest BCUT2D eigenvalue weighted by Gasteiger charge is 2.58. The first-order valence-electron chi connectivity index (χ1n) is 8.53. The third-order valence-corrected chi connectivity index (χ3v) is 5.96. The van der Waals surface area contributed by atoms with Crippen molar-refractivity contribution in [2.75, 3.05) is 13.2 Å². The van der Waals surface area contributed by atoms with E-state index >= 15 is 0 Å². The lowest BCUT2D eigenvalue weighted by molar-refractivity contribution is -0.777. The van der Waals surface area contributed by atoms with Gasteiger partial charge in [0.2, 0.25) is 0 Å². The number of hydrogen-bond acceptors (Lipinski definition) is 6. The van der Waals surface area contributed by atoms with Crippen molar-refractivity contribution in [3.63, 3.8) is 0 Å². The molecule has 0 N–H and O–H groups in total. The summed E-state index contributed by atoms with van der Waals surface area (Å²) in [4.78, 5) is 0. The van der Waals surface area contributed by atoms with Crippen molar-refractivity contribution in [1.29, 1.82) is 0 Å². The minimum atomic E-state index is -3.31. The second kappa shape index (κ2) is 6.96. The summed E-state index contributed by atoms with van der Waals surface area (Å²) in [7, 11) is 0. The maximum absolute atomic E-state index is 13.5. The van der Waals surface area contributed by atoms with E-state index in [1.807, 2.05) is 0 Å². The van der Waals surface area contributed by atoms with Crippen LogP contribution < -0.4 is 5.26 Å². The van der Waals surface area contributed by atoms with Gasteiger partial charge in [-0.15, -0.1) is 0 Å². The van der Waals surface area contributed by atoms with E-state index in [-0.39, 0.29) is 29.2 Å². The molecule has 0 heterocycles. The van der Waals surface area contributed by atoms with E-state index < -0.39 is 11.9 Å². The van der Waals surface area contributed by atoms with Crippen LogP contribution in [0, 0.1) is 17.3 Å². The van der Waals surface area contributed by atoms with Crippen LogP contribution in [0.1, 0.15) is 52.4 Å². The maximum atomic E-state index is 13.5. The van der Waals surface area contributed by atoms with Gasteiger partial charge in [0.05, 0.1) is 18.3 Å². The third-order valence-electron chi connectivity index (χ3n) is 5.48. The fourth-order valence-electron chi connectivity index (χ4n) is 5.65. The van der Waals surface area contributed by atoms with E-state index in [0.29, 0.717) is 18.4 Å². The normalized spacial score (nSPS) is 38.2. The molecule has 8 heteroatoms. The molecule has 0 spiro atoms. The minimum absolute atomic E-state index is 0.0599. The van der Waals surface area contributed by atoms with Gasteiger partial charge in [0.1, 0.15) is 18.6 Å². The molecule has 2 unspecified atom stereocenters. The first-order valence-corrected chi connectivity index (χ1v) is 9.27. The topological polar surface area (TPSA) is 60.0 Å². The lowest BCUT2D eigenvalue weighted by atomic mass is 9.48. The second-order valence-electron chi connectivity index (χ2n) is 8.16. The van der Waals surface area contributed by atoms with Gasteiger partial charge in [0.15, 0.2) is 0 Å². The van der Waals surface area contributed by atoms with Crippen LogP contribution in [0.3, 0.4) is 0 Å². The van der Waals surface area contributed by atoms with E-state index in [4.69, 9.17) is 9.47 Å². The third kappa shape index (κ3) is 4.22. The maximum Gasteiger partial charge on any atom is 0.343 e. The Kier molecular flexibility index (Phi) is 5.45. The van der Waals surface area contributed by atoms with Crippen molar-refractivity contribution >= 4 is 12.0 Å². The van der Waals surface area contributed by atoms with Gasteiger partial charge in [-0.2, -0.15) is 13.1 Å². The Hall–Kier alpha value is 0.01000. The molecule has 140 valence electrons. The van der Waals surface area contributed by atoms with Crippen LogP contribution in [0.25, 0.3) is 0 Å². The number of rotatable bonds is 9. The SMILES string of the molecule is CC(C)OC12CC3CC(CC(COCC(F)(F)SOO[O-])(C3)C1)C2. The minimum Gasteiger partial charge on any atom is -0.691 e. The summed E-state index contributed by atoms with van der Waals surface area (Å²) in [5.74, 6) is 1.22. The average Bonchev–Trinajstić information content (AvgIpc) is 2.41. The van der Waals surface area contributed by atoms with Crippen LogP contribution in [0.5, 0.6) is 0 Å². The highest BCUT2D eigenvalue weighted by atomic mass is 32.2. The monoisotopic (exact) mass is 367 g/mol. The van der Waals surface area contributed by atoms with Crippen LogP contribution in [-0.4, -0.2) is 30.2 Å². The average molecular weight is 367 g/mol. The molecule has 0 aromatic carbocycles. The van der Waals surface area contributed by atoms with Gasteiger partial charge in [0, 0.05) is 0 Å². The van der Waals surface area contributed by atoms with E-state index in [2.05, 4.69) is 23.2 Å². The van der Waals surface area contributed by atoms with Crippen molar-refractivity contribution in [1.82, 2.24) is 0 Å². The lowest BCUT2D eigenvalue weighted by Gasteiger charge is -2.62. The largest absolute Gasteiger partial charge is 0.691 e. The van der Waals surface area contributed by atoms with Crippen LogP contribution in [0.2, 0.25) is 0 Å². The summed E-state index contributed by atoms with van der Waals surface area (Å²) >= 11 is -0.314. The molecular formula is C16H25F2O5S-. The fraction of sp³-hybridized carbons (Fsp3) is 1.00. The van der Waals surface area contributed by atoms with Gasteiger partial charge < -0.3 is 14.7 Å². The summed E-state index contributed by atoms with van der Waals surface area (Å²) < 4.78 is 42.4. The highest BCUT2D eigenvalue weighted by molar-refractivity contribution is 7.95. The van der Waals surface area contributed by atoms with Crippen LogP contribution in [0.15, 0.2) is 0 Å². The molecule has 0 aliphatic heterocycles. The molecule has 0 amide bonds. The van der Waals surface area contributed by atoms with Gasteiger partial charge >= 0.3 is 5.25 Å². The molecule has 24 heavy (non-hydrogen) atoms. The Labute approximate surface area is 145 Å². The van der Waals surface area contributed by atoms with E-state index in [0.717, 1.165) is 32.1 Å². The number of alkyl halides is 2. The number of hydrogen-bond donors (Lipinski definition) is 0. The van der Waals surface area contributed by atoms with Gasteiger partial charge in [0.25, 0.3) is 0 Å². The summed E-state index contributed by atoms with van der Waals surface area (Å²) in [6, 6.07) is 0. The molecule has 0 aromatic heterocycles. The zero-order valence-corrected chi connectivity index (χ0v) is 14.9. The predicted octanol–water partition coefficient (Wildman–Crippen LogP) is 3.23. The molecule has 0 radical (unpaired) electrons. The molecule has 4 saturated carbocycles. The summed E-state index contributed by atoms with van der Waals surface area (Å²) in [5, 5.41) is 9.33. The van der Waals surface area contributed by atoms with Gasteiger partial charge in [-0.05, 0) is 69.6 Å². The van der Waals surface area contributed by atoms with Crippen molar-refractivity contribution in [3.8, 4) is 0 Å². The Bertz CT molecular complexity index is 429. The second-order valence-corrected chi connectivity index (χ2v) is 9.06. The molecule has 0 aromatic rings. The lowest BCUT2D eigenvalue weighted by Crippen LogP contribution is -2.58. The molecule has 5 nitrogen and oxygen atoms in total. The standard InChI is InChI=1S/C16H26F2O5S/c1-11(2)21-15-6-12-3-13(7-15)5-14(4-12,8-15)9-20-10-16(17,18)24-23-22-19/h11-13,19H,3-10H2,1-2H3/p-1.